The van der Waals surface area contributed by atoms with Crippen molar-refractivity contribution in [1.29, 1.82) is 0 Å². The lowest BCUT2D eigenvalue weighted by atomic mass is 9.75. The van der Waals surface area contributed by atoms with Crippen molar-refractivity contribution >= 4 is 5.91 Å². The molecule has 0 aromatic heterocycles. The van der Waals surface area contributed by atoms with Crippen molar-refractivity contribution in [3.05, 3.63) is 29.8 Å². The van der Waals surface area contributed by atoms with Crippen LogP contribution in [0.15, 0.2) is 24.3 Å². The molecule has 1 N–H and O–H groups in total. The molecule has 1 fully saturated rings. The van der Waals surface area contributed by atoms with Crippen molar-refractivity contribution in [3.63, 3.8) is 0 Å². The Morgan fingerprint density at radius 1 is 1.25 bits per heavy atom. The number of aromatic hydroxyl groups is 1. The Kier molecular flexibility index (Phi) is 4.36. The van der Waals surface area contributed by atoms with Crippen molar-refractivity contribution in [3.8, 4) is 5.75 Å². The highest BCUT2D eigenvalue weighted by Crippen LogP contribution is 2.34. The van der Waals surface area contributed by atoms with Crippen molar-refractivity contribution in [2.45, 2.75) is 40.0 Å². The number of nitrogens with zero attached hydrogens (tertiary/aromatic N) is 1. The van der Waals surface area contributed by atoms with Gasteiger partial charge in [-0.05, 0) is 30.2 Å². The molecule has 0 aliphatic carbocycles. The highest BCUT2D eigenvalue weighted by molar-refractivity contribution is 5.79. The first-order valence-corrected chi connectivity index (χ1v) is 7.42. The van der Waals surface area contributed by atoms with Crippen LogP contribution in [0.4, 0.5) is 0 Å². The minimum Gasteiger partial charge on any atom is -0.508 e. The molecule has 1 aliphatic heterocycles. The molecule has 0 bridgehead atoms. The molecule has 3 heteroatoms. The van der Waals surface area contributed by atoms with Crippen LogP contribution in [0.3, 0.4) is 0 Å². The van der Waals surface area contributed by atoms with Gasteiger partial charge in [0, 0.05) is 18.7 Å². The molecule has 1 aliphatic rings. The molecule has 3 nitrogen and oxygen atoms in total. The molecular weight excluding hydrogens is 250 g/mol. The fourth-order valence-corrected chi connectivity index (χ4v) is 2.93. The predicted octanol–water partition coefficient (Wildman–Crippen LogP) is 3.22. The van der Waals surface area contributed by atoms with E-state index in [9.17, 15) is 9.90 Å². The Labute approximate surface area is 121 Å². The molecule has 20 heavy (non-hydrogen) atoms. The number of hydrogen-bond donors (Lipinski definition) is 1. The van der Waals surface area contributed by atoms with Crippen LogP contribution in [0.2, 0.25) is 0 Å². The number of carbonyl (C=O) groups is 1. The van der Waals surface area contributed by atoms with Crippen LogP contribution in [-0.4, -0.2) is 29.0 Å². The zero-order valence-electron chi connectivity index (χ0n) is 12.7. The molecule has 110 valence electrons. The summed E-state index contributed by atoms with van der Waals surface area (Å²) in [7, 11) is 0. The maximum Gasteiger partial charge on any atom is 0.227 e. The minimum atomic E-state index is 0.124. The van der Waals surface area contributed by atoms with Crippen LogP contribution in [0.25, 0.3) is 0 Å². The number of likely N-dealkylation sites (tertiary alicyclic amines) is 1. The molecule has 1 amide bonds. The summed E-state index contributed by atoms with van der Waals surface area (Å²) >= 11 is 0. The van der Waals surface area contributed by atoms with Gasteiger partial charge in [0.05, 0.1) is 6.42 Å². The summed E-state index contributed by atoms with van der Waals surface area (Å²) in [6.07, 6.45) is 2.46. The van der Waals surface area contributed by atoms with Gasteiger partial charge in [-0.3, -0.25) is 4.79 Å². The van der Waals surface area contributed by atoms with E-state index in [1.807, 2.05) is 17.0 Å². The molecule has 0 spiro atoms. The highest BCUT2D eigenvalue weighted by atomic mass is 16.3. The van der Waals surface area contributed by atoms with Crippen LogP contribution in [0.5, 0.6) is 5.75 Å². The summed E-state index contributed by atoms with van der Waals surface area (Å²) < 4.78 is 0. The molecule has 0 radical (unpaired) electrons. The maximum atomic E-state index is 12.3. The van der Waals surface area contributed by atoms with Gasteiger partial charge in [0.25, 0.3) is 0 Å². The number of rotatable bonds is 2. The summed E-state index contributed by atoms with van der Waals surface area (Å²) in [5, 5.41) is 9.74. The first-order valence-electron chi connectivity index (χ1n) is 7.42. The van der Waals surface area contributed by atoms with Crippen LogP contribution < -0.4 is 0 Å². The number of phenolic OH excluding ortho intramolecular Hbond substituents is 1. The fourth-order valence-electron chi connectivity index (χ4n) is 2.93. The average Bonchev–Trinajstić information content (AvgIpc) is 2.40. The highest BCUT2D eigenvalue weighted by Gasteiger charge is 2.30. The number of phenols is 1. The minimum absolute atomic E-state index is 0.124. The molecule has 1 aromatic rings. The van der Waals surface area contributed by atoms with Crippen LogP contribution in [0.1, 0.15) is 39.2 Å². The van der Waals surface area contributed by atoms with Crippen molar-refractivity contribution in [2.75, 3.05) is 13.1 Å². The van der Waals surface area contributed by atoms with E-state index < -0.39 is 0 Å². The number of hydrogen-bond acceptors (Lipinski definition) is 2. The third kappa shape index (κ3) is 3.53. The molecule has 2 rings (SSSR count). The van der Waals surface area contributed by atoms with E-state index >= 15 is 0 Å². The first kappa shape index (κ1) is 14.9. The molecule has 0 unspecified atom stereocenters. The summed E-state index contributed by atoms with van der Waals surface area (Å²) in [6, 6.07) is 7.08. The SMILES string of the molecule is CC(C)(C)C1CCN(C(=O)Cc2ccccc2O)CC1. The summed E-state index contributed by atoms with van der Waals surface area (Å²) in [5.41, 5.74) is 1.04. The molecular formula is C17H25NO2. The zero-order valence-corrected chi connectivity index (χ0v) is 12.7. The molecule has 0 saturated carbocycles. The fraction of sp³-hybridized carbons (Fsp3) is 0.588. The Morgan fingerprint density at radius 3 is 2.40 bits per heavy atom. The molecule has 0 atom stereocenters. The van der Waals surface area contributed by atoms with Gasteiger partial charge in [-0.15, -0.1) is 0 Å². The summed E-state index contributed by atoms with van der Waals surface area (Å²) in [5.74, 6) is 1.03. The average molecular weight is 275 g/mol. The Balaban J connectivity index is 1.91. The van der Waals surface area contributed by atoms with E-state index in [0.717, 1.165) is 31.5 Å². The lowest BCUT2D eigenvalue weighted by Crippen LogP contribution is -2.42. The van der Waals surface area contributed by atoms with Crippen LogP contribution in [-0.2, 0) is 11.2 Å². The number of benzene rings is 1. The quantitative estimate of drug-likeness (QED) is 0.900. The van der Waals surface area contributed by atoms with Gasteiger partial charge in [-0.25, -0.2) is 0 Å². The summed E-state index contributed by atoms with van der Waals surface area (Å²) in [6.45, 7) is 8.51. The normalized spacial score (nSPS) is 17.2. The van der Waals surface area contributed by atoms with Crippen LogP contribution in [0, 0.1) is 11.3 Å². The Morgan fingerprint density at radius 2 is 1.85 bits per heavy atom. The van der Waals surface area contributed by atoms with Crippen LogP contribution >= 0.6 is 0 Å². The third-order valence-electron chi connectivity index (χ3n) is 4.41. The standard InChI is InChI=1S/C17H25NO2/c1-17(2,3)14-8-10-18(11-9-14)16(20)12-13-6-4-5-7-15(13)19/h4-7,14,19H,8-12H2,1-3H3. The number of piperidine rings is 1. The van der Waals surface area contributed by atoms with Crippen molar-refractivity contribution < 1.29 is 9.90 Å². The number of amides is 1. The van der Waals surface area contributed by atoms with E-state index in [1.165, 1.54) is 0 Å². The molecule has 1 heterocycles. The van der Waals surface area contributed by atoms with Gasteiger partial charge in [0.1, 0.15) is 5.75 Å². The molecule has 1 aromatic carbocycles. The second-order valence-electron chi connectivity index (χ2n) is 6.83. The Hall–Kier alpha value is -1.51. The van der Waals surface area contributed by atoms with E-state index in [1.54, 1.807) is 12.1 Å². The van der Waals surface area contributed by atoms with E-state index in [4.69, 9.17) is 0 Å². The zero-order chi connectivity index (χ0) is 14.8. The smallest absolute Gasteiger partial charge is 0.227 e. The third-order valence-corrected chi connectivity index (χ3v) is 4.41. The van der Waals surface area contributed by atoms with Gasteiger partial charge in [0.15, 0.2) is 0 Å². The van der Waals surface area contributed by atoms with E-state index in [-0.39, 0.29) is 11.7 Å². The number of carbonyl (C=O) groups excluding carboxylic acids is 1. The van der Waals surface area contributed by atoms with Gasteiger partial charge in [0.2, 0.25) is 5.91 Å². The topological polar surface area (TPSA) is 40.5 Å². The second-order valence-corrected chi connectivity index (χ2v) is 6.83. The summed E-state index contributed by atoms with van der Waals surface area (Å²) in [4.78, 5) is 14.2. The van der Waals surface area contributed by atoms with E-state index in [2.05, 4.69) is 20.8 Å². The van der Waals surface area contributed by atoms with Gasteiger partial charge in [-0.1, -0.05) is 39.0 Å². The van der Waals surface area contributed by atoms with E-state index in [0.29, 0.717) is 17.8 Å². The van der Waals surface area contributed by atoms with Gasteiger partial charge in [-0.2, -0.15) is 0 Å². The van der Waals surface area contributed by atoms with Gasteiger partial charge < -0.3 is 10.0 Å². The number of para-hydroxylation sites is 1. The van der Waals surface area contributed by atoms with Gasteiger partial charge >= 0.3 is 0 Å². The second kappa shape index (κ2) is 5.86. The van der Waals surface area contributed by atoms with Crippen molar-refractivity contribution in [2.24, 2.45) is 11.3 Å². The Bertz CT molecular complexity index is 468. The maximum absolute atomic E-state index is 12.3. The lowest BCUT2D eigenvalue weighted by molar-refractivity contribution is -0.132. The first-order chi connectivity index (χ1) is 9.38. The molecule has 1 saturated heterocycles. The van der Waals surface area contributed by atoms with Crippen molar-refractivity contribution in [1.82, 2.24) is 4.90 Å². The lowest BCUT2D eigenvalue weighted by Gasteiger charge is -2.38. The largest absolute Gasteiger partial charge is 0.508 e. The monoisotopic (exact) mass is 275 g/mol. The predicted molar refractivity (Wildman–Crippen MR) is 80.6 cm³/mol.